The van der Waals surface area contributed by atoms with Crippen molar-refractivity contribution in [2.75, 3.05) is 13.7 Å². The van der Waals surface area contributed by atoms with Crippen LogP contribution >= 0.6 is 0 Å². The zero-order valence-corrected chi connectivity index (χ0v) is 20.8. The van der Waals surface area contributed by atoms with E-state index >= 15 is 0 Å². The summed E-state index contributed by atoms with van der Waals surface area (Å²) in [6, 6.07) is 17.5. The fourth-order valence-electron chi connectivity index (χ4n) is 4.66. The predicted octanol–water partition coefficient (Wildman–Crippen LogP) is 2.83. The van der Waals surface area contributed by atoms with Crippen molar-refractivity contribution >= 4 is 28.6 Å². The topological polar surface area (TPSA) is 136 Å². The lowest BCUT2D eigenvalue weighted by molar-refractivity contribution is -0.125. The van der Waals surface area contributed by atoms with Crippen LogP contribution in [0.4, 0.5) is 0 Å². The molecule has 0 bridgehead atoms. The summed E-state index contributed by atoms with van der Waals surface area (Å²) in [6.07, 6.45) is 2.66. The van der Waals surface area contributed by atoms with Crippen LogP contribution in [-0.4, -0.2) is 48.4 Å². The molecule has 4 N–H and O–H groups in total. The van der Waals surface area contributed by atoms with E-state index in [2.05, 4.69) is 27.0 Å². The fourth-order valence-corrected chi connectivity index (χ4v) is 4.66. The van der Waals surface area contributed by atoms with Gasteiger partial charge in [-0.15, -0.1) is 0 Å². The number of nitrogens with one attached hydrogen (secondary N) is 4. The van der Waals surface area contributed by atoms with E-state index in [4.69, 9.17) is 4.74 Å². The molecule has 2 heterocycles. The number of carbonyl (C=O) groups is 3. The number of amides is 3. The Morgan fingerprint density at radius 2 is 1.97 bits per heavy atom. The van der Waals surface area contributed by atoms with E-state index in [-0.39, 0.29) is 18.2 Å². The highest BCUT2D eigenvalue weighted by molar-refractivity contribution is 6.01. The average Bonchev–Trinajstić information content (AvgIpc) is 3.54. The molecule has 0 unspecified atom stereocenters. The standard InChI is InChI=1S/C28H31N5O4/c1-37-25-12-6-10-22-21(25)16-24(32-22)28(36)33-23(11-5-9-18-7-3-2-4-8-18)27(35)31-20(17-29)15-19-13-14-30-26(19)34/h2-4,6-8,10,12,16,19-20,23,32H,5,9,11,13-15H2,1H3,(H,30,34)(H,31,35)(H,33,36)/t19-,20-,23-/m0/s1. The van der Waals surface area contributed by atoms with E-state index < -0.39 is 23.9 Å². The second-order valence-electron chi connectivity index (χ2n) is 9.21. The van der Waals surface area contributed by atoms with Crippen molar-refractivity contribution in [3.63, 3.8) is 0 Å². The Kier molecular flexibility index (Phi) is 8.41. The molecule has 9 heteroatoms. The minimum absolute atomic E-state index is 0.101. The number of fused-ring (bicyclic) bond motifs is 1. The number of aromatic nitrogens is 1. The van der Waals surface area contributed by atoms with Crippen LogP contribution in [0.15, 0.2) is 54.6 Å². The first kappa shape index (κ1) is 25.8. The number of H-pyrrole nitrogens is 1. The molecule has 0 radical (unpaired) electrons. The maximum atomic E-state index is 13.2. The Morgan fingerprint density at radius 1 is 1.16 bits per heavy atom. The van der Waals surface area contributed by atoms with Crippen LogP contribution in [-0.2, 0) is 16.0 Å². The molecule has 0 spiro atoms. The number of methoxy groups -OCH3 is 1. The summed E-state index contributed by atoms with van der Waals surface area (Å²) in [5.74, 6) is -0.645. The minimum atomic E-state index is -0.849. The van der Waals surface area contributed by atoms with Crippen LogP contribution in [0.2, 0.25) is 0 Å². The Hall–Kier alpha value is -4.32. The summed E-state index contributed by atoms with van der Waals surface area (Å²) in [7, 11) is 1.56. The lowest BCUT2D eigenvalue weighted by Crippen LogP contribution is -2.50. The molecule has 4 rings (SSSR count). The largest absolute Gasteiger partial charge is 0.496 e. The second-order valence-corrected chi connectivity index (χ2v) is 9.21. The smallest absolute Gasteiger partial charge is 0.268 e. The predicted molar refractivity (Wildman–Crippen MR) is 139 cm³/mol. The number of ether oxygens (including phenoxy) is 1. The maximum absolute atomic E-state index is 13.2. The second kappa shape index (κ2) is 12.1. The van der Waals surface area contributed by atoms with Gasteiger partial charge in [0.15, 0.2) is 0 Å². The Bertz CT molecular complexity index is 1300. The van der Waals surface area contributed by atoms with Gasteiger partial charge in [-0.2, -0.15) is 5.26 Å². The third-order valence-electron chi connectivity index (χ3n) is 6.67. The van der Waals surface area contributed by atoms with Gasteiger partial charge >= 0.3 is 0 Å². The normalized spacial score (nSPS) is 16.4. The molecule has 1 aromatic heterocycles. The first-order chi connectivity index (χ1) is 18.0. The van der Waals surface area contributed by atoms with Gasteiger partial charge in [0.05, 0.1) is 13.2 Å². The van der Waals surface area contributed by atoms with Crippen molar-refractivity contribution in [2.24, 2.45) is 5.92 Å². The number of hydrogen-bond acceptors (Lipinski definition) is 5. The van der Waals surface area contributed by atoms with Gasteiger partial charge in [0.2, 0.25) is 11.8 Å². The van der Waals surface area contributed by atoms with Crippen LogP contribution in [0.1, 0.15) is 41.7 Å². The van der Waals surface area contributed by atoms with Gasteiger partial charge in [-0.25, -0.2) is 0 Å². The SMILES string of the molecule is COc1cccc2[nH]c(C(=O)N[C@@H](CCCc3ccccc3)C(=O)N[C@H](C#N)C[C@@H]3CCNC3=O)cc12. The van der Waals surface area contributed by atoms with Crippen molar-refractivity contribution in [3.05, 3.63) is 65.9 Å². The number of nitriles is 1. The van der Waals surface area contributed by atoms with E-state index in [1.807, 2.05) is 48.5 Å². The number of aromatic amines is 1. The Labute approximate surface area is 215 Å². The summed E-state index contributed by atoms with van der Waals surface area (Å²) < 4.78 is 5.38. The molecule has 2 aromatic carbocycles. The van der Waals surface area contributed by atoms with E-state index in [1.165, 1.54) is 0 Å². The van der Waals surface area contributed by atoms with Gasteiger partial charge in [0.25, 0.3) is 5.91 Å². The first-order valence-corrected chi connectivity index (χ1v) is 12.5. The number of carbonyl (C=O) groups excluding carboxylic acids is 3. The maximum Gasteiger partial charge on any atom is 0.268 e. The molecule has 1 fully saturated rings. The highest BCUT2D eigenvalue weighted by atomic mass is 16.5. The van der Waals surface area contributed by atoms with Crippen LogP contribution < -0.4 is 20.7 Å². The highest BCUT2D eigenvalue weighted by Crippen LogP contribution is 2.26. The van der Waals surface area contributed by atoms with E-state index in [0.717, 1.165) is 22.9 Å². The molecule has 0 saturated carbocycles. The summed E-state index contributed by atoms with van der Waals surface area (Å²) in [5, 5.41) is 18.7. The lowest BCUT2D eigenvalue weighted by atomic mass is 9.98. The molecule has 9 nitrogen and oxygen atoms in total. The third kappa shape index (κ3) is 6.47. The van der Waals surface area contributed by atoms with Crippen molar-refractivity contribution in [1.29, 1.82) is 5.26 Å². The highest BCUT2D eigenvalue weighted by Gasteiger charge is 2.30. The number of benzene rings is 2. The molecule has 192 valence electrons. The molecule has 0 aliphatic carbocycles. The van der Waals surface area contributed by atoms with Crippen molar-refractivity contribution in [1.82, 2.24) is 20.9 Å². The van der Waals surface area contributed by atoms with Crippen LogP contribution in [0, 0.1) is 17.2 Å². The molecule has 1 aliphatic rings. The lowest BCUT2D eigenvalue weighted by Gasteiger charge is -2.21. The van der Waals surface area contributed by atoms with Crippen LogP contribution in [0.3, 0.4) is 0 Å². The van der Waals surface area contributed by atoms with Gasteiger partial charge in [-0.05, 0) is 55.9 Å². The molecule has 1 saturated heterocycles. The van der Waals surface area contributed by atoms with Crippen LogP contribution in [0.5, 0.6) is 5.75 Å². The van der Waals surface area contributed by atoms with Gasteiger partial charge < -0.3 is 25.7 Å². The quantitative estimate of drug-likeness (QED) is 0.320. The number of hydrogen-bond donors (Lipinski definition) is 4. The summed E-state index contributed by atoms with van der Waals surface area (Å²) >= 11 is 0. The number of rotatable bonds is 11. The van der Waals surface area contributed by atoms with Crippen molar-refractivity contribution in [2.45, 2.75) is 44.2 Å². The third-order valence-corrected chi connectivity index (χ3v) is 6.67. The monoisotopic (exact) mass is 501 g/mol. The molecule has 3 amide bonds. The van der Waals surface area contributed by atoms with E-state index in [9.17, 15) is 19.6 Å². The summed E-state index contributed by atoms with van der Waals surface area (Å²) in [5.41, 5.74) is 2.19. The minimum Gasteiger partial charge on any atom is -0.496 e. The molecule has 3 atom stereocenters. The van der Waals surface area contributed by atoms with Gasteiger partial charge in [-0.3, -0.25) is 14.4 Å². The Morgan fingerprint density at radius 3 is 2.68 bits per heavy atom. The zero-order chi connectivity index (χ0) is 26.2. The van der Waals surface area contributed by atoms with Gasteiger partial charge in [0.1, 0.15) is 23.5 Å². The first-order valence-electron chi connectivity index (χ1n) is 12.5. The summed E-state index contributed by atoms with van der Waals surface area (Å²) in [4.78, 5) is 41.4. The van der Waals surface area contributed by atoms with E-state index in [0.29, 0.717) is 37.3 Å². The zero-order valence-electron chi connectivity index (χ0n) is 20.8. The molecule has 1 aliphatic heterocycles. The van der Waals surface area contributed by atoms with Gasteiger partial charge in [0, 0.05) is 23.4 Å². The van der Waals surface area contributed by atoms with Crippen LogP contribution in [0.25, 0.3) is 10.9 Å². The molecular weight excluding hydrogens is 470 g/mol. The molecular formula is C28H31N5O4. The molecule has 3 aromatic rings. The van der Waals surface area contributed by atoms with Crippen molar-refractivity contribution < 1.29 is 19.1 Å². The van der Waals surface area contributed by atoms with Gasteiger partial charge in [-0.1, -0.05) is 36.4 Å². The fraction of sp³-hybridized carbons (Fsp3) is 0.357. The number of nitrogens with zero attached hydrogens (tertiary/aromatic N) is 1. The summed E-state index contributed by atoms with van der Waals surface area (Å²) in [6.45, 7) is 0.572. The Balaban J connectivity index is 1.46. The molecule has 37 heavy (non-hydrogen) atoms. The average molecular weight is 502 g/mol. The van der Waals surface area contributed by atoms with Crippen molar-refractivity contribution in [3.8, 4) is 11.8 Å². The number of aryl methyl sites for hydroxylation is 1. The van der Waals surface area contributed by atoms with E-state index in [1.54, 1.807) is 13.2 Å².